The third kappa shape index (κ3) is 4.21. The zero-order chi connectivity index (χ0) is 25.4. The Balaban J connectivity index is 1.81. The van der Waals surface area contributed by atoms with Crippen LogP contribution in [0, 0.1) is 12.8 Å². The first-order chi connectivity index (χ1) is 16.7. The fraction of sp³-hybridized carbons (Fsp3) is 0.520. The van der Waals surface area contributed by atoms with E-state index in [0.717, 1.165) is 10.1 Å². The number of ether oxygens (including phenoxy) is 4. The van der Waals surface area contributed by atoms with E-state index in [1.165, 1.54) is 11.6 Å². The maximum Gasteiger partial charge on any atom is 0.330 e. The number of rotatable bonds is 4. The van der Waals surface area contributed by atoms with Gasteiger partial charge in [0.1, 0.15) is 25.3 Å². The van der Waals surface area contributed by atoms with Crippen molar-refractivity contribution >= 4 is 11.8 Å². The third-order valence-corrected chi connectivity index (χ3v) is 6.55. The number of fused-ring (bicyclic) bond motifs is 1. The van der Waals surface area contributed by atoms with Crippen LogP contribution in [0.4, 0.5) is 0 Å². The Morgan fingerprint density at radius 1 is 1.00 bits per heavy atom. The summed E-state index contributed by atoms with van der Waals surface area (Å²) in [5, 5.41) is 0. The molecule has 1 aromatic carbocycles. The van der Waals surface area contributed by atoms with Crippen molar-refractivity contribution in [1.82, 2.24) is 9.13 Å². The number of aromatic nitrogens is 2. The fourth-order valence-electron chi connectivity index (χ4n) is 4.51. The Morgan fingerprint density at radius 2 is 1.66 bits per heavy atom. The first-order valence-electron chi connectivity index (χ1n) is 11.6. The summed E-state index contributed by atoms with van der Waals surface area (Å²) in [4.78, 5) is 35.0. The van der Waals surface area contributed by atoms with Gasteiger partial charge in [0.15, 0.2) is 11.5 Å². The van der Waals surface area contributed by atoms with Gasteiger partial charge in [-0.3, -0.25) is 9.36 Å². The lowest BCUT2D eigenvalue weighted by molar-refractivity contribution is 0.170. The topological polar surface area (TPSA) is 106 Å². The number of aliphatic imine (C=N–C) groups is 2. The van der Waals surface area contributed by atoms with Gasteiger partial charge in [0.2, 0.25) is 11.8 Å². The number of methoxy groups -OCH3 is 2. The second-order valence-electron chi connectivity index (χ2n) is 9.05. The van der Waals surface area contributed by atoms with E-state index in [9.17, 15) is 9.59 Å². The first-order valence-corrected chi connectivity index (χ1v) is 11.6. The smallest absolute Gasteiger partial charge is 0.330 e. The molecule has 4 rings (SSSR count). The van der Waals surface area contributed by atoms with Gasteiger partial charge in [0, 0.05) is 37.3 Å². The molecule has 1 aromatic heterocycles. The van der Waals surface area contributed by atoms with Gasteiger partial charge >= 0.3 is 5.69 Å². The molecule has 0 saturated carbocycles. The molecule has 0 fully saturated rings. The maximum atomic E-state index is 13.1. The van der Waals surface area contributed by atoms with Gasteiger partial charge in [-0.05, 0) is 18.9 Å². The van der Waals surface area contributed by atoms with E-state index >= 15 is 0 Å². The summed E-state index contributed by atoms with van der Waals surface area (Å²) in [6.45, 7) is 6.60. The molecule has 0 bridgehead atoms. The second-order valence-corrected chi connectivity index (χ2v) is 9.05. The lowest BCUT2D eigenvalue weighted by Gasteiger charge is -2.28. The molecule has 3 heterocycles. The van der Waals surface area contributed by atoms with Crippen molar-refractivity contribution < 1.29 is 18.9 Å². The van der Waals surface area contributed by atoms with Gasteiger partial charge in [0.25, 0.3) is 5.56 Å². The molecular weight excluding hydrogens is 452 g/mol. The van der Waals surface area contributed by atoms with Gasteiger partial charge < -0.3 is 23.5 Å². The summed E-state index contributed by atoms with van der Waals surface area (Å²) in [7, 11) is 6.30. The van der Waals surface area contributed by atoms with E-state index in [0.29, 0.717) is 59.7 Å². The van der Waals surface area contributed by atoms with E-state index in [-0.39, 0.29) is 23.2 Å². The Hall–Kier alpha value is -3.56. The monoisotopic (exact) mass is 484 g/mol. The van der Waals surface area contributed by atoms with Crippen molar-refractivity contribution in [2.75, 3.05) is 27.4 Å². The molecule has 10 nitrogen and oxygen atoms in total. The van der Waals surface area contributed by atoms with Gasteiger partial charge in [-0.25, -0.2) is 14.8 Å². The van der Waals surface area contributed by atoms with Crippen LogP contribution >= 0.6 is 0 Å². The Labute approximate surface area is 203 Å². The Bertz CT molecular complexity index is 1320. The van der Waals surface area contributed by atoms with Gasteiger partial charge in [0.05, 0.1) is 19.8 Å². The summed E-state index contributed by atoms with van der Waals surface area (Å²) in [5.41, 5.74) is 1.62. The van der Waals surface area contributed by atoms with Crippen molar-refractivity contribution in [3.8, 4) is 22.6 Å². The highest BCUT2D eigenvalue weighted by Gasteiger charge is 2.33. The SMILES string of the molecule is COC1=N[C@H](C(C)C)C(OC)=N[C@H]1Cc1ccc(-c2c(C)n(C)c(=O)n(C)c2=O)c2c1OCCO2. The lowest BCUT2D eigenvalue weighted by Crippen LogP contribution is -2.39. The molecule has 0 radical (unpaired) electrons. The van der Waals surface area contributed by atoms with Crippen LogP contribution in [0.15, 0.2) is 31.7 Å². The molecule has 0 saturated heterocycles. The Morgan fingerprint density at radius 3 is 2.29 bits per heavy atom. The van der Waals surface area contributed by atoms with Gasteiger partial charge in [-0.15, -0.1) is 0 Å². The second kappa shape index (κ2) is 9.59. The quantitative estimate of drug-likeness (QED) is 0.656. The molecule has 188 valence electrons. The lowest BCUT2D eigenvalue weighted by atomic mass is 9.96. The van der Waals surface area contributed by atoms with Crippen molar-refractivity contribution in [3.63, 3.8) is 0 Å². The molecule has 2 atom stereocenters. The maximum absolute atomic E-state index is 13.1. The predicted molar refractivity (Wildman–Crippen MR) is 133 cm³/mol. The van der Waals surface area contributed by atoms with Gasteiger partial charge in [-0.1, -0.05) is 19.9 Å². The fourth-order valence-corrected chi connectivity index (χ4v) is 4.51. The van der Waals surface area contributed by atoms with E-state index in [1.54, 1.807) is 28.2 Å². The molecular formula is C25H32N4O6. The van der Waals surface area contributed by atoms with Crippen LogP contribution in [0.1, 0.15) is 25.1 Å². The van der Waals surface area contributed by atoms with E-state index in [1.807, 2.05) is 12.1 Å². The summed E-state index contributed by atoms with van der Waals surface area (Å²) >= 11 is 0. The van der Waals surface area contributed by atoms with Crippen molar-refractivity contribution in [2.24, 2.45) is 30.0 Å². The molecule has 0 N–H and O–H groups in total. The van der Waals surface area contributed by atoms with Crippen molar-refractivity contribution in [1.29, 1.82) is 0 Å². The van der Waals surface area contributed by atoms with E-state index in [4.69, 9.17) is 28.9 Å². The molecule has 35 heavy (non-hydrogen) atoms. The number of benzene rings is 1. The number of hydrogen-bond donors (Lipinski definition) is 0. The molecule has 2 aliphatic rings. The highest BCUT2D eigenvalue weighted by atomic mass is 16.6. The molecule has 2 aromatic rings. The van der Waals surface area contributed by atoms with Crippen LogP contribution in [0.5, 0.6) is 11.5 Å². The molecule has 0 amide bonds. The standard InChI is InChI=1S/C25H32N4O6/c1-13(2)19-23(33-7)26-17(22(27-19)32-6)12-15-8-9-16(21-20(15)34-10-11-35-21)18-14(3)28(4)25(31)29(5)24(18)30/h8-9,13,17,19H,10-12H2,1-7H3/t17-,19+/m0/s1. The summed E-state index contributed by atoms with van der Waals surface area (Å²) in [6, 6.07) is 3.14. The highest BCUT2D eigenvalue weighted by molar-refractivity contribution is 5.94. The van der Waals surface area contributed by atoms with E-state index < -0.39 is 6.04 Å². The number of hydrogen-bond acceptors (Lipinski definition) is 8. The molecule has 0 unspecified atom stereocenters. The van der Waals surface area contributed by atoms with Crippen molar-refractivity contribution in [2.45, 2.75) is 39.3 Å². The highest BCUT2D eigenvalue weighted by Crippen LogP contribution is 2.43. The average Bonchev–Trinajstić information content (AvgIpc) is 2.87. The van der Waals surface area contributed by atoms with Crippen LogP contribution in [0.2, 0.25) is 0 Å². The molecule has 0 spiro atoms. The summed E-state index contributed by atoms with van der Waals surface area (Å²) in [5.74, 6) is 2.34. The largest absolute Gasteiger partial charge is 0.486 e. The minimum absolute atomic E-state index is 0.203. The third-order valence-electron chi connectivity index (χ3n) is 6.55. The molecule has 10 heteroatoms. The molecule has 2 aliphatic heterocycles. The minimum Gasteiger partial charge on any atom is -0.486 e. The Kier molecular flexibility index (Phi) is 6.73. The van der Waals surface area contributed by atoms with Gasteiger partial charge in [-0.2, -0.15) is 0 Å². The van der Waals surface area contributed by atoms with Crippen LogP contribution in [-0.2, 0) is 30.0 Å². The zero-order valence-corrected chi connectivity index (χ0v) is 21.2. The summed E-state index contributed by atoms with van der Waals surface area (Å²) < 4.78 is 25.7. The van der Waals surface area contributed by atoms with Crippen molar-refractivity contribution in [3.05, 3.63) is 44.2 Å². The number of nitrogens with zero attached hydrogens (tertiary/aromatic N) is 4. The zero-order valence-electron chi connectivity index (χ0n) is 21.2. The van der Waals surface area contributed by atoms with Crippen LogP contribution in [0.3, 0.4) is 0 Å². The predicted octanol–water partition coefficient (Wildman–Crippen LogP) is 1.87. The van der Waals surface area contributed by atoms with Crippen LogP contribution < -0.4 is 20.7 Å². The first kappa shape index (κ1) is 24.6. The van der Waals surface area contributed by atoms with Crippen LogP contribution in [-0.4, -0.2) is 60.4 Å². The van der Waals surface area contributed by atoms with E-state index in [2.05, 4.69) is 13.8 Å². The summed E-state index contributed by atoms with van der Waals surface area (Å²) in [6.07, 6.45) is 0.445. The van der Waals surface area contributed by atoms with Crippen LogP contribution in [0.25, 0.3) is 11.1 Å². The minimum atomic E-state index is -0.391. The average molecular weight is 485 g/mol. The normalized spacial score (nSPS) is 19.3. The molecule has 0 aliphatic carbocycles.